The van der Waals surface area contributed by atoms with Crippen molar-refractivity contribution in [2.75, 3.05) is 6.54 Å². The first-order valence-corrected chi connectivity index (χ1v) is 9.31. The Kier molecular flexibility index (Phi) is 5.01. The van der Waals surface area contributed by atoms with Crippen molar-refractivity contribution in [3.63, 3.8) is 0 Å². The largest absolute Gasteiger partial charge is 0.386 e. The minimum Gasteiger partial charge on any atom is -0.386 e. The Hall–Kier alpha value is -1.72. The van der Waals surface area contributed by atoms with E-state index in [9.17, 15) is 9.90 Å². The third kappa shape index (κ3) is 3.23. The van der Waals surface area contributed by atoms with E-state index in [-0.39, 0.29) is 11.9 Å². The third-order valence-electron chi connectivity index (χ3n) is 4.86. The van der Waals surface area contributed by atoms with Crippen molar-refractivity contribution < 1.29 is 9.90 Å². The lowest BCUT2D eigenvalue weighted by Gasteiger charge is -2.36. The van der Waals surface area contributed by atoms with Crippen LogP contribution >= 0.6 is 11.3 Å². The molecule has 2 heterocycles. The number of piperidine rings is 1. The summed E-state index contributed by atoms with van der Waals surface area (Å²) in [7, 11) is 0. The molecule has 1 saturated heterocycles. The van der Waals surface area contributed by atoms with Gasteiger partial charge in [0.15, 0.2) is 0 Å². The smallest absolute Gasteiger partial charge is 0.266 e. The molecular weight excluding hydrogens is 320 g/mol. The van der Waals surface area contributed by atoms with Crippen LogP contribution in [0.25, 0.3) is 0 Å². The number of amides is 1. The minimum atomic E-state index is -0.632. The van der Waals surface area contributed by atoms with Gasteiger partial charge in [-0.2, -0.15) is 0 Å². The third-order valence-corrected chi connectivity index (χ3v) is 6.02. The Labute approximate surface area is 147 Å². The number of aryl methyl sites for hydroxylation is 1. The maximum absolute atomic E-state index is 13.0. The van der Waals surface area contributed by atoms with Crippen molar-refractivity contribution >= 4 is 17.2 Å². The summed E-state index contributed by atoms with van der Waals surface area (Å²) in [5.41, 5.74) is 3.79. The highest BCUT2D eigenvalue weighted by molar-refractivity contribution is 7.13. The van der Waals surface area contributed by atoms with Crippen LogP contribution in [-0.4, -0.2) is 27.4 Å². The molecule has 0 unspecified atom stereocenters. The van der Waals surface area contributed by atoms with Crippen LogP contribution in [-0.2, 0) is 0 Å². The Balaban J connectivity index is 1.91. The Morgan fingerprint density at radius 2 is 2.17 bits per heavy atom. The van der Waals surface area contributed by atoms with Crippen molar-refractivity contribution in [3.05, 3.63) is 51.0 Å². The average Bonchev–Trinajstić information content (AvgIpc) is 3.07. The predicted molar refractivity (Wildman–Crippen MR) is 96.3 cm³/mol. The van der Waals surface area contributed by atoms with Gasteiger partial charge < -0.3 is 10.0 Å². The van der Waals surface area contributed by atoms with Crippen molar-refractivity contribution in [2.24, 2.45) is 0 Å². The van der Waals surface area contributed by atoms with E-state index < -0.39 is 6.10 Å². The second-order valence-corrected chi connectivity index (χ2v) is 7.60. The second kappa shape index (κ2) is 7.03. The summed E-state index contributed by atoms with van der Waals surface area (Å²) in [5, 5.41) is 10.2. The van der Waals surface area contributed by atoms with E-state index in [1.807, 2.05) is 4.90 Å². The molecule has 0 spiro atoms. The second-order valence-electron chi connectivity index (χ2n) is 6.54. The standard InChI is InChI=1S/C19H24N2O2S/c1-12-7-6-8-15(13(12)2)16-9-4-5-10-21(16)19(23)17-11-20-18(24-17)14(3)22/h6-8,11,14,16,22H,4-5,9-10H2,1-3H3/t14-,16-/m0/s1. The van der Waals surface area contributed by atoms with Crippen LogP contribution in [0.5, 0.6) is 0 Å². The van der Waals surface area contributed by atoms with E-state index in [0.717, 1.165) is 25.8 Å². The summed E-state index contributed by atoms with van der Waals surface area (Å²) < 4.78 is 0. The molecule has 1 aliphatic heterocycles. The molecule has 1 amide bonds. The molecule has 1 N–H and O–H groups in total. The summed E-state index contributed by atoms with van der Waals surface area (Å²) in [6, 6.07) is 6.47. The quantitative estimate of drug-likeness (QED) is 0.909. The van der Waals surface area contributed by atoms with E-state index in [1.165, 1.54) is 28.0 Å². The maximum Gasteiger partial charge on any atom is 0.266 e. The van der Waals surface area contributed by atoms with Gasteiger partial charge in [0.2, 0.25) is 0 Å². The van der Waals surface area contributed by atoms with Crippen LogP contribution in [0.2, 0.25) is 0 Å². The van der Waals surface area contributed by atoms with Crippen LogP contribution in [0.4, 0.5) is 0 Å². The average molecular weight is 344 g/mol. The van der Waals surface area contributed by atoms with Gasteiger partial charge in [0.1, 0.15) is 16.0 Å². The number of carbonyl (C=O) groups excluding carboxylic acids is 1. The highest BCUT2D eigenvalue weighted by atomic mass is 32.1. The Morgan fingerprint density at radius 3 is 2.88 bits per heavy atom. The van der Waals surface area contributed by atoms with Crippen molar-refractivity contribution in [1.29, 1.82) is 0 Å². The van der Waals surface area contributed by atoms with Gasteiger partial charge in [-0.05, 0) is 56.7 Å². The number of aromatic nitrogens is 1. The summed E-state index contributed by atoms with van der Waals surface area (Å²) in [6.45, 7) is 6.71. The number of hydrogen-bond acceptors (Lipinski definition) is 4. The normalized spacial score (nSPS) is 19.3. The van der Waals surface area contributed by atoms with Crippen molar-refractivity contribution in [3.8, 4) is 0 Å². The number of carbonyl (C=O) groups is 1. The van der Waals surface area contributed by atoms with Gasteiger partial charge in [-0.15, -0.1) is 11.3 Å². The van der Waals surface area contributed by atoms with Gasteiger partial charge in [-0.25, -0.2) is 4.98 Å². The highest BCUT2D eigenvalue weighted by Crippen LogP contribution is 2.35. The predicted octanol–water partition coefficient (Wildman–Crippen LogP) is 4.18. The molecule has 0 saturated carbocycles. The monoisotopic (exact) mass is 344 g/mol. The summed E-state index contributed by atoms with van der Waals surface area (Å²) in [5.74, 6) is 0.0324. The van der Waals surface area contributed by atoms with Crippen LogP contribution in [0.3, 0.4) is 0 Å². The zero-order valence-corrected chi connectivity index (χ0v) is 15.3. The van der Waals surface area contributed by atoms with Gasteiger partial charge >= 0.3 is 0 Å². The summed E-state index contributed by atoms with van der Waals surface area (Å²) >= 11 is 1.29. The fourth-order valence-corrected chi connectivity index (χ4v) is 4.17. The van der Waals surface area contributed by atoms with Gasteiger partial charge in [-0.3, -0.25) is 4.79 Å². The molecule has 2 aromatic rings. The maximum atomic E-state index is 13.0. The number of aliphatic hydroxyl groups excluding tert-OH is 1. The van der Waals surface area contributed by atoms with E-state index in [4.69, 9.17) is 0 Å². The van der Waals surface area contributed by atoms with Crippen LogP contribution in [0.15, 0.2) is 24.4 Å². The molecule has 128 valence electrons. The molecule has 1 aromatic heterocycles. The SMILES string of the molecule is Cc1cccc([C@@H]2CCCCN2C(=O)c2cnc([C@H](C)O)s2)c1C. The molecule has 0 radical (unpaired) electrons. The molecule has 1 aromatic carbocycles. The number of likely N-dealkylation sites (tertiary alicyclic amines) is 1. The lowest BCUT2D eigenvalue weighted by atomic mass is 9.90. The first-order valence-electron chi connectivity index (χ1n) is 8.50. The molecule has 1 fully saturated rings. The first-order chi connectivity index (χ1) is 11.5. The van der Waals surface area contributed by atoms with Gasteiger partial charge in [0.25, 0.3) is 5.91 Å². The van der Waals surface area contributed by atoms with Crippen LogP contribution < -0.4 is 0 Å². The van der Waals surface area contributed by atoms with E-state index in [0.29, 0.717) is 9.88 Å². The zero-order chi connectivity index (χ0) is 17.3. The molecular formula is C19H24N2O2S. The number of benzene rings is 1. The van der Waals surface area contributed by atoms with Crippen LogP contribution in [0.1, 0.15) is 69.7 Å². The highest BCUT2D eigenvalue weighted by Gasteiger charge is 2.30. The minimum absolute atomic E-state index is 0.0324. The molecule has 4 nitrogen and oxygen atoms in total. The van der Waals surface area contributed by atoms with Gasteiger partial charge in [0.05, 0.1) is 12.2 Å². The van der Waals surface area contributed by atoms with Crippen LogP contribution in [0, 0.1) is 13.8 Å². The Bertz CT molecular complexity index is 739. The lowest BCUT2D eigenvalue weighted by Crippen LogP contribution is -2.38. The molecule has 0 aliphatic carbocycles. The van der Waals surface area contributed by atoms with E-state index in [1.54, 1.807) is 13.1 Å². The number of nitrogens with zero attached hydrogens (tertiary/aromatic N) is 2. The summed E-state index contributed by atoms with van der Waals surface area (Å²) in [4.78, 5) is 19.8. The molecule has 5 heteroatoms. The molecule has 0 bridgehead atoms. The fourth-order valence-electron chi connectivity index (χ4n) is 3.35. The summed E-state index contributed by atoms with van der Waals surface area (Å²) in [6.07, 6.45) is 4.15. The number of thiazole rings is 1. The van der Waals surface area contributed by atoms with E-state index in [2.05, 4.69) is 37.0 Å². The van der Waals surface area contributed by atoms with Gasteiger partial charge in [-0.1, -0.05) is 18.2 Å². The van der Waals surface area contributed by atoms with Crippen molar-refractivity contribution in [2.45, 2.75) is 52.2 Å². The molecule has 1 aliphatic rings. The molecule has 3 rings (SSSR count). The lowest BCUT2D eigenvalue weighted by molar-refractivity contribution is 0.0615. The molecule has 24 heavy (non-hydrogen) atoms. The van der Waals surface area contributed by atoms with Crippen molar-refractivity contribution in [1.82, 2.24) is 9.88 Å². The fraction of sp³-hybridized carbons (Fsp3) is 0.474. The topological polar surface area (TPSA) is 53.4 Å². The zero-order valence-electron chi connectivity index (χ0n) is 14.5. The van der Waals surface area contributed by atoms with E-state index >= 15 is 0 Å². The molecule has 2 atom stereocenters. The first kappa shape index (κ1) is 17.1. The number of hydrogen-bond donors (Lipinski definition) is 1. The van der Waals surface area contributed by atoms with Gasteiger partial charge in [0, 0.05) is 6.54 Å². The number of rotatable bonds is 3. The Morgan fingerprint density at radius 1 is 1.38 bits per heavy atom. The number of aliphatic hydroxyl groups is 1.